The Labute approximate surface area is 116 Å². The molecule has 2 N–H and O–H groups in total. The van der Waals surface area contributed by atoms with E-state index in [1.54, 1.807) is 7.11 Å². The fourth-order valence-electron chi connectivity index (χ4n) is 2.59. The van der Waals surface area contributed by atoms with Crippen molar-refractivity contribution in [2.45, 2.75) is 51.6 Å². The molecule has 0 atom stereocenters. The Morgan fingerprint density at radius 1 is 1.26 bits per heavy atom. The largest absolute Gasteiger partial charge is 0.381 e. The molecule has 5 nitrogen and oxygen atoms in total. The molecule has 0 bridgehead atoms. The topological polar surface area (TPSA) is 78.6 Å². The van der Waals surface area contributed by atoms with E-state index in [0.717, 1.165) is 32.1 Å². The van der Waals surface area contributed by atoms with Crippen LogP contribution in [0.15, 0.2) is 0 Å². The van der Waals surface area contributed by atoms with Gasteiger partial charge in [0, 0.05) is 19.1 Å². The number of nitrogens with two attached hydrogens (primary N) is 1. The van der Waals surface area contributed by atoms with Gasteiger partial charge >= 0.3 is 0 Å². The minimum absolute atomic E-state index is 0.0354. The molecule has 0 radical (unpaired) electrons. The van der Waals surface area contributed by atoms with Crippen LogP contribution in [0.2, 0.25) is 0 Å². The zero-order chi connectivity index (χ0) is 14.6. The predicted molar refractivity (Wildman–Crippen MR) is 75.4 cm³/mol. The second kappa shape index (κ2) is 6.52. The average Bonchev–Trinajstić information content (AvgIpc) is 2.71. The Morgan fingerprint density at radius 2 is 1.84 bits per heavy atom. The summed E-state index contributed by atoms with van der Waals surface area (Å²) in [5.41, 5.74) is -0.479. The summed E-state index contributed by atoms with van der Waals surface area (Å²) < 4.78 is 33.7. The highest BCUT2D eigenvalue weighted by Gasteiger charge is 2.37. The maximum atomic E-state index is 11.3. The standard InChI is InChI=1S/C13H27NO4S/c1-12(2,17-3)8-9-18-10-13(6-4-5-7-13)11-19(14,15)16/h4-11H2,1-3H3,(H2,14,15,16). The van der Waals surface area contributed by atoms with Crippen molar-refractivity contribution >= 4 is 10.0 Å². The summed E-state index contributed by atoms with van der Waals surface area (Å²) in [7, 11) is -1.76. The van der Waals surface area contributed by atoms with Crippen molar-refractivity contribution < 1.29 is 17.9 Å². The van der Waals surface area contributed by atoms with Crippen LogP contribution in [0.3, 0.4) is 0 Å². The molecular formula is C13H27NO4S. The summed E-state index contributed by atoms with van der Waals surface area (Å²) in [5, 5.41) is 5.19. The van der Waals surface area contributed by atoms with Crippen molar-refractivity contribution in [3.8, 4) is 0 Å². The molecule has 0 amide bonds. The molecule has 0 heterocycles. The molecule has 1 aliphatic carbocycles. The van der Waals surface area contributed by atoms with Crippen LogP contribution in [0.5, 0.6) is 0 Å². The molecule has 0 aromatic carbocycles. The minimum Gasteiger partial charge on any atom is -0.381 e. The third-order valence-electron chi connectivity index (χ3n) is 3.98. The van der Waals surface area contributed by atoms with Crippen molar-refractivity contribution in [3.63, 3.8) is 0 Å². The Kier molecular flexibility index (Phi) is 5.79. The van der Waals surface area contributed by atoms with E-state index >= 15 is 0 Å². The molecule has 19 heavy (non-hydrogen) atoms. The molecule has 0 aromatic rings. The van der Waals surface area contributed by atoms with Crippen molar-refractivity contribution in [1.82, 2.24) is 0 Å². The molecule has 1 saturated carbocycles. The van der Waals surface area contributed by atoms with Crippen LogP contribution in [0.4, 0.5) is 0 Å². The Morgan fingerprint density at radius 3 is 2.32 bits per heavy atom. The number of rotatable bonds is 8. The quantitative estimate of drug-likeness (QED) is 0.690. The van der Waals surface area contributed by atoms with Gasteiger partial charge in [0.1, 0.15) is 0 Å². The molecule has 114 valence electrons. The van der Waals surface area contributed by atoms with Crippen LogP contribution < -0.4 is 5.14 Å². The fourth-order valence-corrected chi connectivity index (χ4v) is 3.82. The lowest BCUT2D eigenvalue weighted by Crippen LogP contribution is -2.36. The highest BCUT2D eigenvalue weighted by molar-refractivity contribution is 7.89. The minimum atomic E-state index is -3.44. The van der Waals surface area contributed by atoms with Crippen LogP contribution in [-0.4, -0.2) is 40.1 Å². The van der Waals surface area contributed by atoms with Crippen LogP contribution in [0.1, 0.15) is 46.0 Å². The van der Waals surface area contributed by atoms with E-state index in [2.05, 4.69) is 0 Å². The average molecular weight is 293 g/mol. The maximum absolute atomic E-state index is 11.3. The summed E-state index contributed by atoms with van der Waals surface area (Å²) in [6, 6.07) is 0. The number of hydrogen-bond acceptors (Lipinski definition) is 4. The molecule has 0 spiro atoms. The van der Waals surface area contributed by atoms with Gasteiger partial charge in [0.05, 0.1) is 18.0 Å². The molecular weight excluding hydrogens is 266 g/mol. The Hall–Kier alpha value is -0.170. The van der Waals surface area contributed by atoms with Crippen LogP contribution in [0, 0.1) is 5.41 Å². The number of methoxy groups -OCH3 is 1. The van der Waals surface area contributed by atoms with Crippen molar-refractivity contribution in [2.24, 2.45) is 10.6 Å². The van der Waals surface area contributed by atoms with E-state index in [1.807, 2.05) is 13.8 Å². The molecule has 1 fully saturated rings. The smallest absolute Gasteiger partial charge is 0.209 e. The lowest BCUT2D eigenvalue weighted by molar-refractivity contribution is -0.0219. The lowest BCUT2D eigenvalue weighted by atomic mass is 9.90. The number of ether oxygens (including phenoxy) is 2. The first-order valence-corrected chi connectivity index (χ1v) is 8.53. The van der Waals surface area contributed by atoms with Gasteiger partial charge in [-0.15, -0.1) is 0 Å². The highest BCUT2D eigenvalue weighted by Crippen LogP contribution is 2.39. The van der Waals surface area contributed by atoms with E-state index < -0.39 is 10.0 Å². The molecule has 0 saturated heterocycles. The number of sulfonamides is 1. The lowest BCUT2D eigenvalue weighted by Gasteiger charge is -2.29. The fraction of sp³-hybridized carbons (Fsp3) is 1.00. The van der Waals surface area contributed by atoms with Crippen LogP contribution in [-0.2, 0) is 19.5 Å². The number of primary sulfonamides is 1. The van der Waals surface area contributed by atoms with E-state index in [9.17, 15) is 8.42 Å². The predicted octanol–water partition coefficient (Wildman–Crippen LogP) is 1.67. The normalized spacial score (nSPS) is 19.8. The first-order valence-electron chi connectivity index (χ1n) is 6.82. The van der Waals surface area contributed by atoms with Crippen LogP contribution >= 0.6 is 0 Å². The van der Waals surface area contributed by atoms with E-state index in [-0.39, 0.29) is 16.8 Å². The van der Waals surface area contributed by atoms with E-state index in [0.29, 0.717) is 13.2 Å². The van der Waals surface area contributed by atoms with Gasteiger partial charge in [-0.3, -0.25) is 0 Å². The first kappa shape index (κ1) is 16.9. The Bertz CT molecular complexity index is 372. The third kappa shape index (κ3) is 6.21. The first-order chi connectivity index (χ1) is 8.68. The zero-order valence-corrected chi connectivity index (χ0v) is 13.1. The molecule has 0 aliphatic heterocycles. The van der Waals surface area contributed by atoms with Crippen molar-refractivity contribution in [3.05, 3.63) is 0 Å². The van der Waals surface area contributed by atoms with Gasteiger partial charge in [0.15, 0.2) is 0 Å². The molecule has 6 heteroatoms. The van der Waals surface area contributed by atoms with Gasteiger partial charge in [0.25, 0.3) is 0 Å². The van der Waals surface area contributed by atoms with Crippen LogP contribution in [0.25, 0.3) is 0 Å². The van der Waals surface area contributed by atoms with Gasteiger partial charge in [-0.1, -0.05) is 12.8 Å². The van der Waals surface area contributed by atoms with Crippen molar-refractivity contribution in [1.29, 1.82) is 0 Å². The molecule has 0 aromatic heterocycles. The summed E-state index contributed by atoms with van der Waals surface area (Å²) in [6.07, 6.45) is 4.67. The van der Waals surface area contributed by atoms with Gasteiger partial charge < -0.3 is 9.47 Å². The molecule has 0 unspecified atom stereocenters. The van der Waals surface area contributed by atoms with Gasteiger partial charge in [-0.2, -0.15) is 0 Å². The zero-order valence-electron chi connectivity index (χ0n) is 12.3. The SMILES string of the molecule is COC(C)(C)CCOCC1(CS(N)(=O)=O)CCCC1. The van der Waals surface area contributed by atoms with E-state index in [4.69, 9.17) is 14.6 Å². The Balaban J connectivity index is 2.43. The van der Waals surface area contributed by atoms with Gasteiger partial charge in [-0.25, -0.2) is 13.6 Å². The van der Waals surface area contributed by atoms with Crippen molar-refractivity contribution in [2.75, 3.05) is 26.1 Å². The summed E-state index contributed by atoms with van der Waals surface area (Å²) >= 11 is 0. The number of hydrogen-bond donors (Lipinski definition) is 1. The summed E-state index contributed by atoms with van der Waals surface area (Å²) in [5.74, 6) is 0.0354. The summed E-state index contributed by atoms with van der Waals surface area (Å²) in [6.45, 7) is 5.06. The molecule has 1 aliphatic rings. The second-order valence-electron chi connectivity index (χ2n) is 6.28. The van der Waals surface area contributed by atoms with E-state index in [1.165, 1.54) is 0 Å². The van der Waals surface area contributed by atoms with Gasteiger partial charge in [-0.05, 0) is 33.1 Å². The highest BCUT2D eigenvalue weighted by atomic mass is 32.2. The monoisotopic (exact) mass is 293 g/mol. The molecule has 1 rings (SSSR count). The third-order valence-corrected chi connectivity index (χ3v) is 5.00. The maximum Gasteiger partial charge on any atom is 0.209 e. The second-order valence-corrected chi connectivity index (χ2v) is 7.90. The summed E-state index contributed by atoms with van der Waals surface area (Å²) in [4.78, 5) is 0. The van der Waals surface area contributed by atoms with Gasteiger partial charge in [0.2, 0.25) is 10.0 Å².